The van der Waals surface area contributed by atoms with Gasteiger partial charge in [-0.2, -0.15) is 0 Å². The number of aromatic nitrogens is 1. The van der Waals surface area contributed by atoms with E-state index in [9.17, 15) is 0 Å². The highest BCUT2D eigenvalue weighted by Crippen LogP contribution is 2.13. The van der Waals surface area contributed by atoms with Gasteiger partial charge in [0.05, 0.1) is 17.6 Å². The minimum Gasteiger partial charge on any atom is -0.371 e. The van der Waals surface area contributed by atoms with E-state index < -0.39 is 0 Å². The average molecular weight is 207 g/mol. The van der Waals surface area contributed by atoms with E-state index in [1.807, 2.05) is 12.3 Å². The van der Waals surface area contributed by atoms with Crippen molar-refractivity contribution in [2.45, 2.75) is 33.2 Å². The molecule has 0 spiro atoms. The zero-order chi connectivity index (χ0) is 11.1. The second-order valence-corrected chi connectivity index (χ2v) is 3.65. The molecule has 3 heteroatoms. The van der Waals surface area contributed by atoms with Crippen molar-refractivity contribution in [3.05, 3.63) is 24.0 Å². The van der Waals surface area contributed by atoms with E-state index in [2.05, 4.69) is 29.8 Å². The molecule has 1 aromatic rings. The van der Waals surface area contributed by atoms with E-state index in [0.717, 1.165) is 18.8 Å². The molecule has 0 saturated carbocycles. The van der Waals surface area contributed by atoms with Gasteiger partial charge in [0.1, 0.15) is 0 Å². The first-order chi connectivity index (χ1) is 7.31. The maximum Gasteiger partial charge on any atom is 0.0552 e. The van der Waals surface area contributed by atoms with Gasteiger partial charge in [-0.3, -0.25) is 4.98 Å². The summed E-state index contributed by atoms with van der Waals surface area (Å²) in [5.74, 6) is 0. The monoisotopic (exact) mass is 207 g/mol. The number of nitrogens with zero attached hydrogens (tertiary/aromatic N) is 2. The SMILES string of the molecule is CCCCN(CC)c1ccc(CN)nc1. The van der Waals surface area contributed by atoms with E-state index in [4.69, 9.17) is 5.73 Å². The molecule has 0 aromatic carbocycles. The van der Waals surface area contributed by atoms with Crippen LogP contribution in [-0.2, 0) is 6.54 Å². The summed E-state index contributed by atoms with van der Waals surface area (Å²) in [6.45, 7) is 7.04. The molecule has 0 aliphatic carbocycles. The Morgan fingerprint density at radius 3 is 2.60 bits per heavy atom. The third kappa shape index (κ3) is 3.51. The molecule has 0 aliphatic heterocycles. The molecule has 84 valence electrons. The van der Waals surface area contributed by atoms with Crippen molar-refractivity contribution in [1.29, 1.82) is 0 Å². The predicted octanol–water partition coefficient (Wildman–Crippen LogP) is 2.17. The van der Waals surface area contributed by atoms with Crippen molar-refractivity contribution >= 4 is 5.69 Å². The van der Waals surface area contributed by atoms with Crippen molar-refractivity contribution in [1.82, 2.24) is 4.98 Å². The van der Waals surface area contributed by atoms with Gasteiger partial charge in [-0.05, 0) is 25.5 Å². The maximum absolute atomic E-state index is 5.51. The highest BCUT2D eigenvalue weighted by molar-refractivity contribution is 5.44. The minimum atomic E-state index is 0.515. The normalized spacial score (nSPS) is 10.3. The maximum atomic E-state index is 5.51. The van der Waals surface area contributed by atoms with Crippen LogP contribution < -0.4 is 10.6 Å². The Labute approximate surface area is 92.3 Å². The average Bonchev–Trinajstić information content (AvgIpc) is 2.31. The number of pyridine rings is 1. The molecular weight excluding hydrogens is 186 g/mol. The van der Waals surface area contributed by atoms with Crippen LogP contribution >= 0.6 is 0 Å². The fourth-order valence-corrected chi connectivity index (χ4v) is 1.54. The van der Waals surface area contributed by atoms with E-state index in [1.54, 1.807) is 0 Å². The van der Waals surface area contributed by atoms with Gasteiger partial charge in [-0.15, -0.1) is 0 Å². The molecule has 0 atom stereocenters. The van der Waals surface area contributed by atoms with Crippen molar-refractivity contribution in [3.8, 4) is 0 Å². The first-order valence-corrected chi connectivity index (χ1v) is 5.71. The van der Waals surface area contributed by atoms with Crippen molar-refractivity contribution in [3.63, 3.8) is 0 Å². The third-order valence-electron chi connectivity index (χ3n) is 2.55. The van der Waals surface area contributed by atoms with E-state index in [0.29, 0.717) is 6.54 Å². The molecule has 0 fully saturated rings. The summed E-state index contributed by atoms with van der Waals surface area (Å²) in [6.07, 6.45) is 4.37. The molecule has 0 bridgehead atoms. The first kappa shape index (κ1) is 12.0. The summed E-state index contributed by atoms with van der Waals surface area (Å²) in [4.78, 5) is 6.65. The minimum absolute atomic E-state index is 0.515. The molecule has 1 aromatic heterocycles. The summed E-state index contributed by atoms with van der Waals surface area (Å²) < 4.78 is 0. The summed E-state index contributed by atoms with van der Waals surface area (Å²) >= 11 is 0. The summed E-state index contributed by atoms with van der Waals surface area (Å²) in [5.41, 5.74) is 7.66. The molecule has 1 heterocycles. The molecule has 0 amide bonds. The molecule has 0 unspecified atom stereocenters. The van der Waals surface area contributed by atoms with Crippen LogP contribution in [0.1, 0.15) is 32.4 Å². The number of anilines is 1. The summed E-state index contributed by atoms with van der Waals surface area (Å²) in [5, 5.41) is 0. The zero-order valence-corrected chi connectivity index (χ0v) is 9.74. The smallest absolute Gasteiger partial charge is 0.0552 e. The van der Waals surface area contributed by atoms with Crippen LogP contribution in [0.3, 0.4) is 0 Å². The standard InChI is InChI=1S/C12H21N3/c1-3-5-8-15(4-2)12-7-6-11(9-13)14-10-12/h6-7,10H,3-5,8-9,13H2,1-2H3. The molecule has 0 radical (unpaired) electrons. The van der Waals surface area contributed by atoms with Crippen molar-refractivity contribution in [2.75, 3.05) is 18.0 Å². The van der Waals surface area contributed by atoms with E-state index in [-0.39, 0.29) is 0 Å². The highest BCUT2D eigenvalue weighted by Gasteiger charge is 2.03. The Hall–Kier alpha value is -1.09. The van der Waals surface area contributed by atoms with E-state index >= 15 is 0 Å². The van der Waals surface area contributed by atoms with Crippen molar-refractivity contribution < 1.29 is 0 Å². The molecule has 0 saturated heterocycles. The Morgan fingerprint density at radius 2 is 2.13 bits per heavy atom. The van der Waals surface area contributed by atoms with Gasteiger partial charge >= 0.3 is 0 Å². The first-order valence-electron chi connectivity index (χ1n) is 5.71. The molecule has 1 rings (SSSR count). The van der Waals surface area contributed by atoms with Crippen LogP contribution in [0.5, 0.6) is 0 Å². The van der Waals surface area contributed by atoms with Crippen LogP contribution in [-0.4, -0.2) is 18.1 Å². The highest BCUT2D eigenvalue weighted by atomic mass is 15.1. The second kappa shape index (κ2) is 6.40. The fraction of sp³-hybridized carbons (Fsp3) is 0.583. The van der Waals surface area contributed by atoms with Crippen LogP contribution in [0.4, 0.5) is 5.69 Å². The zero-order valence-electron chi connectivity index (χ0n) is 9.74. The van der Waals surface area contributed by atoms with Gasteiger partial charge in [-0.1, -0.05) is 13.3 Å². The van der Waals surface area contributed by atoms with Gasteiger partial charge in [-0.25, -0.2) is 0 Å². The van der Waals surface area contributed by atoms with Crippen molar-refractivity contribution in [2.24, 2.45) is 5.73 Å². The van der Waals surface area contributed by atoms with Crippen LogP contribution in [0.15, 0.2) is 18.3 Å². The third-order valence-corrected chi connectivity index (χ3v) is 2.55. The van der Waals surface area contributed by atoms with Gasteiger partial charge < -0.3 is 10.6 Å². The Morgan fingerprint density at radius 1 is 1.33 bits per heavy atom. The van der Waals surface area contributed by atoms with Crippen LogP contribution in [0.2, 0.25) is 0 Å². The molecule has 0 aliphatic rings. The number of hydrogen-bond acceptors (Lipinski definition) is 3. The molecule has 2 N–H and O–H groups in total. The molecular formula is C12H21N3. The Bertz CT molecular complexity index is 269. The lowest BCUT2D eigenvalue weighted by Crippen LogP contribution is -2.23. The predicted molar refractivity (Wildman–Crippen MR) is 64.9 cm³/mol. The summed E-state index contributed by atoms with van der Waals surface area (Å²) in [6, 6.07) is 4.11. The fourth-order valence-electron chi connectivity index (χ4n) is 1.54. The van der Waals surface area contributed by atoms with Crippen LogP contribution in [0, 0.1) is 0 Å². The Kier molecular flexibility index (Phi) is 5.12. The topological polar surface area (TPSA) is 42.1 Å². The second-order valence-electron chi connectivity index (χ2n) is 3.65. The van der Waals surface area contributed by atoms with Gasteiger partial charge in [0.15, 0.2) is 0 Å². The number of nitrogens with two attached hydrogens (primary N) is 1. The van der Waals surface area contributed by atoms with Gasteiger partial charge in [0.25, 0.3) is 0 Å². The Balaban J connectivity index is 2.65. The number of hydrogen-bond donors (Lipinski definition) is 1. The lowest BCUT2D eigenvalue weighted by molar-refractivity contribution is 0.730. The molecule has 3 nitrogen and oxygen atoms in total. The van der Waals surface area contributed by atoms with Crippen LogP contribution in [0.25, 0.3) is 0 Å². The lowest BCUT2D eigenvalue weighted by Gasteiger charge is -2.22. The summed E-state index contributed by atoms with van der Waals surface area (Å²) in [7, 11) is 0. The van der Waals surface area contributed by atoms with Gasteiger partial charge in [0.2, 0.25) is 0 Å². The largest absolute Gasteiger partial charge is 0.371 e. The van der Waals surface area contributed by atoms with E-state index in [1.165, 1.54) is 18.5 Å². The lowest BCUT2D eigenvalue weighted by atomic mass is 10.2. The van der Waals surface area contributed by atoms with Gasteiger partial charge in [0, 0.05) is 19.6 Å². The molecule has 15 heavy (non-hydrogen) atoms. The quantitative estimate of drug-likeness (QED) is 0.777. The number of unbranched alkanes of at least 4 members (excludes halogenated alkanes) is 1. The number of rotatable bonds is 6.